The van der Waals surface area contributed by atoms with Crippen LogP contribution in [0.5, 0.6) is 5.75 Å². The smallest absolute Gasteiger partial charge is 0.276 e. The molecule has 0 unspecified atom stereocenters. The molecular formula is C32H27Cl3F2N6O3. The number of phenolic OH excluding ortho intramolecular Hbond substituents is 1. The third-order valence-electron chi connectivity index (χ3n) is 7.99. The van der Waals surface area contributed by atoms with E-state index in [-0.39, 0.29) is 70.5 Å². The summed E-state index contributed by atoms with van der Waals surface area (Å²) < 4.78 is 31.1. The van der Waals surface area contributed by atoms with Crippen LogP contribution in [0.3, 0.4) is 0 Å². The van der Waals surface area contributed by atoms with E-state index in [0.717, 1.165) is 0 Å². The summed E-state index contributed by atoms with van der Waals surface area (Å²) in [5, 5.41) is 19.3. The van der Waals surface area contributed by atoms with Gasteiger partial charge in [-0.15, -0.1) is 0 Å². The average molecular weight is 688 g/mol. The van der Waals surface area contributed by atoms with Crippen molar-refractivity contribution < 1.29 is 18.7 Å². The lowest BCUT2D eigenvalue weighted by molar-refractivity contribution is -0.128. The summed E-state index contributed by atoms with van der Waals surface area (Å²) in [7, 11) is 0. The summed E-state index contributed by atoms with van der Waals surface area (Å²) in [6.07, 6.45) is 2.82. The number of anilines is 1. The number of hydrogen-bond acceptors (Lipinski definition) is 7. The fourth-order valence-electron chi connectivity index (χ4n) is 5.80. The van der Waals surface area contributed by atoms with Gasteiger partial charge in [0.15, 0.2) is 17.4 Å². The molecule has 0 aliphatic carbocycles. The minimum atomic E-state index is -1.46. The molecule has 1 saturated heterocycles. The molecule has 1 N–H and O–H groups in total. The molecule has 46 heavy (non-hydrogen) atoms. The van der Waals surface area contributed by atoms with Crippen LogP contribution in [0.4, 0.5) is 14.5 Å². The molecule has 1 atom stereocenters. The number of amides is 1. The highest BCUT2D eigenvalue weighted by atomic mass is 35.5. The second kappa shape index (κ2) is 12.5. The van der Waals surface area contributed by atoms with Crippen LogP contribution >= 0.6 is 34.8 Å². The summed E-state index contributed by atoms with van der Waals surface area (Å²) in [5.74, 6) is -4.73. The number of carbonyl (C=O) groups is 1. The predicted octanol–water partition coefficient (Wildman–Crippen LogP) is 6.92. The van der Waals surface area contributed by atoms with Crippen molar-refractivity contribution in [2.24, 2.45) is 0 Å². The molecular weight excluding hydrogens is 661 g/mol. The van der Waals surface area contributed by atoms with E-state index in [1.807, 2.05) is 20.8 Å². The topological polar surface area (TPSA) is 115 Å². The first-order valence-corrected chi connectivity index (χ1v) is 15.3. The minimum Gasteiger partial charge on any atom is -0.503 e. The van der Waals surface area contributed by atoms with Crippen molar-refractivity contribution >= 4 is 57.4 Å². The van der Waals surface area contributed by atoms with Gasteiger partial charge in [-0.25, -0.2) is 13.8 Å². The summed E-state index contributed by atoms with van der Waals surface area (Å²) in [5.41, 5.74) is -0.159. The zero-order valence-corrected chi connectivity index (χ0v) is 27.4. The van der Waals surface area contributed by atoms with Crippen molar-refractivity contribution in [1.82, 2.24) is 19.4 Å². The molecule has 1 aliphatic rings. The van der Waals surface area contributed by atoms with Crippen LogP contribution in [0.2, 0.25) is 15.1 Å². The number of benzene rings is 1. The Balaban J connectivity index is 1.94. The molecule has 4 heterocycles. The molecule has 5 rings (SSSR count). The van der Waals surface area contributed by atoms with Crippen LogP contribution in [0.15, 0.2) is 35.8 Å². The maximum Gasteiger partial charge on any atom is 0.276 e. The number of nitriles is 1. The highest BCUT2D eigenvalue weighted by Gasteiger charge is 2.33. The lowest BCUT2D eigenvalue weighted by Crippen LogP contribution is -2.54. The Kier molecular flexibility index (Phi) is 9.01. The van der Waals surface area contributed by atoms with Gasteiger partial charge in [0.2, 0.25) is 5.91 Å². The Morgan fingerprint density at radius 2 is 1.89 bits per heavy atom. The van der Waals surface area contributed by atoms with Crippen LogP contribution in [-0.2, 0) is 4.79 Å². The van der Waals surface area contributed by atoms with Gasteiger partial charge in [-0.2, -0.15) is 5.26 Å². The molecule has 0 bridgehead atoms. The molecule has 9 nitrogen and oxygen atoms in total. The number of halogens is 5. The summed E-state index contributed by atoms with van der Waals surface area (Å²) in [4.78, 5) is 39.5. The molecule has 4 aromatic rings. The number of aromatic hydroxyl groups is 1. The second-order valence-corrected chi connectivity index (χ2v) is 12.4. The number of phenols is 1. The molecule has 238 valence electrons. The van der Waals surface area contributed by atoms with E-state index in [9.17, 15) is 24.3 Å². The first kappa shape index (κ1) is 33.1. The van der Waals surface area contributed by atoms with Crippen LogP contribution in [-0.4, -0.2) is 56.1 Å². The van der Waals surface area contributed by atoms with Crippen molar-refractivity contribution in [3.05, 3.63) is 84.9 Å². The van der Waals surface area contributed by atoms with Crippen molar-refractivity contribution in [2.45, 2.75) is 39.7 Å². The number of hydrogen-bond donors (Lipinski definition) is 1. The van der Waals surface area contributed by atoms with E-state index in [1.54, 1.807) is 29.0 Å². The van der Waals surface area contributed by atoms with Gasteiger partial charge in [0.05, 0.1) is 43.4 Å². The van der Waals surface area contributed by atoms with Crippen LogP contribution in [0.1, 0.15) is 43.5 Å². The number of nitrogens with zero attached hydrogens (tertiary/aromatic N) is 6. The molecule has 1 fully saturated rings. The number of carbonyl (C=O) groups excluding carboxylic acids is 1. The molecule has 3 aromatic heterocycles. The molecule has 1 amide bonds. The number of aromatic nitrogens is 3. The van der Waals surface area contributed by atoms with Gasteiger partial charge in [0.25, 0.3) is 5.56 Å². The standard InChI is InChI=1S/C32H27Cl3F2N6O3/c1-6-20(44)42-10-9-41(13-16(42)5)29-17-11-19(33)27(21-22(34)23(35)25(37)30(45)24(21)36)40-31(17)43(32(46)18(29)12-38)28-15(4)7-8-39-26(28)14(2)3/h6-8,11,14,16,45H,1,9-10,13H2,2-5H3/t16-/m1/s1. The molecule has 14 heteroatoms. The van der Waals surface area contributed by atoms with Gasteiger partial charge < -0.3 is 14.9 Å². The number of aryl methyl sites for hydroxylation is 1. The zero-order chi connectivity index (χ0) is 33.8. The monoisotopic (exact) mass is 686 g/mol. The molecule has 0 radical (unpaired) electrons. The third kappa shape index (κ3) is 5.24. The molecule has 1 aliphatic heterocycles. The van der Waals surface area contributed by atoms with Crippen LogP contribution in [0, 0.1) is 29.9 Å². The fraction of sp³-hybridized carbons (Fsp3) is 0.281. The van der Waals surface area contributed by atoms with Crippen LogP contribution in [0.25, 0.3) is 28.0 Å². The van der Waals surface area contributed by atoms with Gasteiger partial charge in [-0.05, 0) is 43.5 Å². The van der Waals surface area contributed by atoms with E-state index in [1.165, 1.54) is 16.7 Å². The summed E-state index contributed by atoms with van der Waals surface area (Å²) in [6.45, 7) is 11.7. The quantitative estimate of drug-likeness (QED) is 0.138. The maximum absolute atomic E-state index is 15.5. The van der Waals surface area contributed by atoms with E-state index < -0.39 is 38.6 Å². The molecule has 1 aromatic carbocycles. The fourth-order valence-corrected chi connectivity index (χ4v) is 6.48. The predicted molar refractivity (Wildman–Crippen MR) is 174 cm³/mol. The number of fused-ring (bicyclic) bond motifs is 1. The number of piperazine rings is 1. The third-order valence-corrected chi connectivity index (χ3v) is 9.11. The minimum absolute atomic E-state index is 0.0379. The first-order valence-electron chi connectivity index (χ1n) is 14.1. The summed E-state index contributed by atoms with van der Waals surface area (Å²) in [6, 6.07) is 4.84. The van der Waals surface area contributed by atoms with Gasteiger partial charge >= 0.3 is 0 Å². The average Bonchev–Trinajstić information content (AvgIpc) is 3.02. The molecule has 0 saturated carbocycles. The Labute approximate surface area is 277 Å². The van der Waals surface area contributed by atoms with E-state index in [2.05, 4.69) is 22.6 Å². The van der Waals surface area contributed by atoms with Crippen LogP contribution < -0.4 is 10.5 Å². The highest BCUT2D eigenvalue weighted by molar-refractivity contribution is 6.44. The van der Waals surface area contributed by atoms with Crippen molar-refractivity contribution in [3.8, 4) is 28.8 Å². The van der Waals surface area contributed by atoms with Gasteiger partial charge in [0.1, 0.15) is 17.3 Å². The van der Waals surface area contributed by atoms with Crippen molar-refractivity contribution in [3.63, 3.8) is 0 Å². The Bertz CT molecular complexity index is 2030. The Morgan fingerprint density at radius 1 is 1.20 bits per heavy atom. The summed E-state index contributed by atoms with van der Waals surface area (Å²) >= 11 is 19.0. The van der Waals surface area contributed by atoms with Crippen molar-refractivity contribution in [2.75, 3.05) is 24.5 Å². The lowest BCUT2D eigenvalue weighted by Gasteiger charge is -2.41. The van der Waals surface area contributed by atoms with Gasteiger partial charge in [-0.3, -0.25) is 19.1 Å². The maximum atomic E-state index is 15.5. The Morgan fingerprint density at radius 3 is 2.50 bits per heavy atom. The normalized spacial score (nSPS) is 15.0. The largest absolute Gasteiger partial charge is 0.503 e. The van der Waals surface area contributed by atoms with E-state index in [4.69, 9.17) is 34.8 Å². The Hall–Kier alpha value is -4.24. The highest BCUT2D eigenvalue weighted by Crippen LogP contribution is 2.45. The lowest BCUT2D eigenvalue weighted by atomic mass is 10.0. The number of pyridine rings is 3. The molecule has 0 spiro atoms. The first-order chi connectivity index (χ1) is 21.7. The second-order valence-electron chi connectivity index (χ2n) is 11.2. The SMILES string of the molecule is C=CC(=O)N1CCN(c2c(C#N)c(=O)n(-c3c(C)ccnc3C(C)C)c3nc(-c4c(F)c(O)c(F)c(Cl)c4Cl)c(Cl)cc23)C[C@H]1C. The number of rotatable bonds is 5. The van der Waals surface area contributed by atoms with E-state index >= 15 is 4.39 Å². The van der Waals surface area contributed by atoms with Crippen molar-refractivity contribution in [1.29, 1.82) is 5.26 Å². The van der Waals surface area contributed by atoms with Gasteiger partial charge in [-0.1, -0.05) is 55.2 Å². The van der Waals surface area contributed by atoms with E-state index in [0.29, 0.717) is 16.9 Å². The van der Waals surface area contributed by atoms with Gasteiger partial charge in [0, 0.05) is 37.3 Å². The zero-order valence-electron chi connectivity index (χ0n) is 25.1.